The van der Waals surface area contributed by atoms with E-state index in [0.717, 1.165) is 17.3 Å². The summed E-state index contributed by atoms with van der Waals surface area (Å²) in [5, 5.41) is 2.26. The minimum absolute atomic E-state index is 0.190. The van der Waals surface area contributed by atoms with E-state index in [1.54, 1.807) is 25.1 Å². The first-order chi connectivity index (χ1) is 15.3. The lowest BCUT2D eigenvalue weighted by molar-refractivity contribution is -0.141. The number of hydrogen-bond donors (Lipinski definition) is 1. The molecule has 3 rings (SSSR count). The number of aryl methyl sites for hydroxylation is 1. The highest BCUT2D eigenvalue weighted by Gasteiger charge is 2.18. The van der Waals surface area contributed by atoms with Crippen LogP contribution in [0.3, 0.4) is 0 Å². The fourth-order valence-electron chi connectivity index (χ4n) is 3.27. The van der Waals surface area contributed by atoms with Gasteiger partial charge in [0.1, 0.15) is 18.2 Å². The summed E-state index contributed by atoms with van der Waals surface area (Å²) in [4.78, 5) is 36.4. The fourth-order valence-corrected chi connectivity index (χ4v) is 3.27. The highest BCUT2D eigenvalue weighted by Crippen LogP contribution is 2.18. The Morgan fingerprint density at radius 1 is 0.969 bits per heavy atom. The Morgan fingerprint density at radius 3 is 2.34 bits per heavy atom. The molecule has 0 unspecified atom stereocenters. The molecule has 0 atom stereocenters. The molecule has 166 valence electrons. The van der Waals surface area contributed by atoms with Gasteiger partial charge in [0.2, 0.25) is 5.78 Å². The number of aromatic nitrogens is 1. The Labute approximate surface area is 183 Å². The predicted octanol–water partition coefficient (Wildman–Crippen LogP) is 3.59. The highest BCUT2D eigenvalue weighted by atomic mass is 19.1. The highest BCUT2D eigenvalue weighted by molar-refractivity contribution is 6.00. The Bertz CT molecular complexity index is 1150. The summed E-state index contributed by atoms with van der Waals surface area (Å²) in [5.74, 6) is -2.99. The minimum Gasteiger partial charge on any atom is -0.456 e. The lowest BCUT2D eigenvalue weighted by atomic mass is 10.1. The zero-order valence-electron chi connectivity index (χ0n) is 17.7. The van der Waals surface area contributed by atoms with Crippen molar-refractivity contribution < 1.29 is 27.9 Å². The molecule has 0 radical (unpaired) electrons. The molecule has 0 aliphatic carbocycles. The zero-order chi connectivity index (χ0) is 23.3. The van der Waals surface area contributed by atoms with Crippen molar-refractivity contribution in [2.75, 3.05) is 13.2 Å². The van der Waals surface area contributed by atoms with Crippen molar-refractivity contribution in [2.45, 2.75) is 20.4 Å². The van der Waals surface area contributed by atoms with E-state index in [1.807, 2.05) is 11.5 Å². The van der Waals surface area contributed by atoms with E-state index < -0.39 is 36.6 Å². The molecule has 6 nitrogen and oxygen atoms in total. The first-order valence-corrected chi connectivity index (χ1v) is 9.89. The summed E-state index contributed by atoms with van der Waals surface area (Å²) in [6.45, 7) is 3.10. The van der Waals surface area contributed by atoms with Crippen molar-refractivity contribution in [2.24, 2.45) is 0 Å². The topological polar surface area (TPSA) is 77.4 Å². The van der Waals surface area contributed by atoms with Gasteiger partial charge in [-0.15, -0.1) is 0 Å². The lowest BCUT2D eigenvalue weighted by Gasteiger charge is -2.10. The van der Waals surface area contributed by atoms with Crippen LogP contribution in [0.2, 0.25) is 0 Å². The van der Waals surface area contributed by atoms with Gasteiger partial charge in [0, 0.05) is 23.5 Å². The number of rotatable bonds is 8. The number of nitrogens with zero attached hydrogens (tertiary/aromatic N) is 1. The largest absolute Gasteiger partial charge is 0.456 e. The second-order valence-electron chi connectivity index (χ2n) is 7.24. The van der Waals surface area contributed by atoms with E-state index in [-0.39, 0.29) is 11.4 Å². The van der Waals surface area contributed by atoms with Crippen molar-refractivity contribution in [1.29, 1.82) is 0 Å². The Morgan fingerprint density at radius 2 is 1.66 bits per heavy atom. The summed E-state index contributed by atoms with van der Waals surface area (Å²) in [6, 6.07) is 13.2. The number of Topliss-reactive ketones (excluding diaryl/α,β-unsaturated/α-hetero) is 1. The van der Waals surface area contributed by atoms with Crippen LogP contribution >= 0.6 is 0 Å². The molecule has 1 aromatic heterocycles. The normalized spacial score (nSPS) is 10.6. The molecular weight excluding hydrogens is 418 g/mol. The van der Waals surface area contributed by atoms with Crippen molar-refractivity contribution in [3.8, 4) is 0 Å². The SMILES string of the molecule is Cc1cc(C(=O)COC(=O)CNC(=O)c2ccccc2F)c(C)n1Cc1ccc(F)cc1. The van der Waals surface area contributed by atoms with Crippen molar-refractivity contribution in [3.63, 3.8) is 0 Å². The van der Waals surface area contributed by atoms with Crippen LogP contribution < -0.4 is 5.32 Å². The molecule has 1 N–H and O–H groups in total. The number of amides is 1. The van der Waals surface area contributed by atoms with Crippen molar-refractivity contribution in [1.82, 2.24) is 9.88 Å². The first kappa shape index (κ1) is 22.9. The molecule has 8 heteroatoms. The van der Waals surface area contributed by atoms with Crippen LogP contribution in [0.1, 0.15) is 37.7 Å². The maximum Gasteiger partial charge on any atom is 0.325 e. The van der Waals surface area contributed by atoms with Crippen LogP contribution in [0.4, 0.5) is 8.78 Å². The third kappa shape index (κ3) is 5.46. The van der Waals surface area contributed by atoms with Crippen molar-refractivity contribution >= 4 is 17.7 Å². The summed E-state index contributed by atoms with van der Waals surface area (Å²) in [7, 11) is 0. The fraction of sp³-hybridized carbons (Fsp3) is 0.208. The maximum absolute atomic E-state index is 13.6. The molecule has 1 amide bonds. The summed E-state index contributed by atoms with van der Waals surface area (Å²) >= 11 is 0. The first-order valence-electron chi connectivity index (χ1n) is 9.89. The summed E-state index contributed by atoms with van der Waals surface area (Å²) < 4.78 is 33.6. The van der Waals surface area contributed by atoms with Crippen LogP contribution in [0, 0.1) is 25.5 Å². The predicted molar refractivity (Wildman–Crippen MR) is 113 cm³/mol. The smallest absolute Gasteiger partial charge is 0.325 e. The van der Waals surface area contributed by atoms with E-state index in [1.165, 1.54) is 30.3 Å². The van der Waals surface area contributed by atoms with E-state index >= 15 is 0 Å². The van der Waals surface area contributed by atoms with Gasteiger partial charge in [-0.25, -0.2) is 8.78 Å². The van der Waals surface area contributed by atoms with Gasteiger partial charge in [-0.3, -0.25) is 14.4 Å². The van der Waals surface area contributed by atoms with Crippen LogP contribution in [0.15, 0.2) is 54.6 Å². The monoisotopic (exact) mass is 440 g/mol. The standard InChI is InChI=1S/C24H22F2N2O4/c1-15-11-20(16(2)28(15)13-17-7-9-18(25)10-8-17)22(29)14-32-23(30)12-27-24(31)19-5-3-4-6-21(19)26/h3-11H,12-14H2,1-2H3,(H,27,31). The molecule has 1 heterocycles. The second-order valence-corrected chi connectivity index (χ2v) is 7.24. The third-order valence-electron chi connectivity index (χ3n) is 5.00. The quantitative estimate of drug-likeness (QED) is 0.429. The molecule has 32 heavy (non-hydrogen) atoms. The van der Waals surface area contributed by atoms with Crippen molar-refractivity contribution in [3.05, 3.63) is 94.3 Å². The van der Waals surface area contributed by atoms with E-state index in [0.29, 0.717) is 17.8 Å². The molecule has 0 saturated carbocycles. The number of benzene rings is 2. The van der Waals surface area contributed by atoms with Gasteiger partial charge in [0.25, 0.3) is 5.91 Å². The second kappa shape index (κ2) is 10.00. The van der Waals surface area contributed by atoms with Gasteiger partial charge in [0.05, 0.1) is 5.56 Å². The van der Waals surface area contributed by atoms with Gasteiger partial charge >= 0.3 is 5.97 Å². The number of carbonyl (C=O) groups is 3. The molecule has 0 fully saturated rings. The van der Waals surface area contributed by atoms with E-state index in [9.17, 15) is 23.2 Å². The summed E-state index contributed by atoms with van der Waals surface area (Å²) in [6.07, 6.45) is 0. The number of halogens is 2. The van der Waals surface area contributed by atoms with Gasteiger partial charge in [-0.1, -0.05) is 24.3 Å². The third-order valence-corrected chi connectivity index (χ3v) is 5.00. The summed E-state index contributed by atoms with van der Waals surface area (Å²) in [5.41, 5.74) is 2.63. The average Bonchev–Trinajstić information content (AvgIpc) is 3.06. The number of ketones is 1. The Hall–Kier alpha value is -3.81. The average molecular weight is 440 g/mol. The Balaban J connectivity index is 1.55. The number of esters is 1. The van der Waals surface area contributed by atoms with E-state index in [4.69, 9.17) is 4.74 Å². The van der Waals surface area contributed by atoms with Crippen LogP contribution in [-0.4, -0.2) is 35.4 Å². The molecule has 0 aliphatic rings. The number of nitrogens with one attached hydrogen (secondary N) is 1. The molecule has 0 bridgehead atoms. The molecule has 0 aliphatic heterocycles. The number of carbonyl (C=O) groups excluding carboxylic acids is 3. The lowest BCUT2D eigenvalue weighted by Crippen LogP contribution is -2.32. The molecule has 3 aromatic rings. The maximum atomic E-state index is 13.6. The minimum atomic E-state index is -0.817. The molecular formula is C24H22F2N2O4. The van der Waals surface area contributed by atoms with E-state index in [2.05, 4.69) is 5.32 Å². The van der Waals surface area contributed by atoms with Gasteiger partial charge in [0.15, 0.2) is 6.61 Å². The van der Waals surface area contributed by atoms with Crippen LogP contribution in [-0.2, 0) is 16.1 Å². The van der Waals surface area contributed by atoms with Gasteiger partial charge in [-0.2, -0.15) is 0 Å². The number of hydrogen-bond acceptors (Lipinski definition) is 4. The molecule has 0 spiro atoms. The van der Waals surface area contributed by atoms with Crippen LogP contribution in [0.5, 0.6) is 0 Å². The number of ether oxygens (including phenoxy) is 1. The van der Waals surface area contributed by atoms with Gasteiger partial charge < -0.3 is 14.6 Å². The molecule has 2 aromatic carbocycles. The zero-order valence-corrected chi connectivity index (χ0v) is 17.7. The Kier molecular flexibility index (Phi) is 7.14. The van der Waals surface area contributed by atoms with Crippen LogP contribution in [0.25, 0.3) is 0 Å². The van der Waals surface area contributed by atoms with Gasteiger partial charge in [-0.05, 0) is 49.7 Å². The molecule has 0 saturated heterocycles.